The van der Waals surface area contributed by atoms with Gasteiger partial charge in [0.25, 0.3) is 21.8 Å². The summed E-state index contributed by atoms with van der Waals surface area (Å²) in [6.45, 7) is 1.55. The number of nitrogens with one attached hydrogen (secondary N) is 2. The Hall–Kier alpha value is -3.88. The van der Waals surface area contributed by atoms with Crippen LogP contribution in [0.4, 0.5) is 22.0 Å². The molecule has 2 aromatic carbocycles. The fourth-order valence-electron chi connectivity index (χ4n) is 2.93. The van der Waals surface area contributed by atoms with Crippen molar-refractivity contribution in [1.29, 1.82) is 0 Å². The van der Waals surface area contributed by atoms with Gasteiger partial charge in [-0.25, -0.2) is 17.5 Å². The van der Waals surface area contributed by atoms with E-state index in [0.29, 0.717) is 11.3 Å². The number of anilines is 3. The molecule has 35 heavy (non-hydrogen) atoms. The van der Waals surface area contributed by atoms with Gasteiger partial charge < -0.3 is 20.5 Å². The number of ether oxygens (including phenoxy) is 2. The van der Waals surface area contributed by atoms with Gasteiger partial charge in [-0.05, 0) is 42.8 Å². The van der Waals surface area contributed by atoms with E-state index in [1.165, 1.54) is 37.4 Å². The first kappa shape index (κ1) is 25.7. The van der Waals surface area contributed by atoms with E-state index >= 15 is 0 Å². The Bertz CT molecular complexity index is 1310. The van der Waals surface area contributed by atoms with E-state index in [1.807, 2.05) is 4.72 Å². The lowest BCUT2D eigenvalue weighted by Crippen LogP contribution is -2.33. The molecule has 0 aliphatic rings. The molecule has 0 aliphatic heterocycles. The Morgan fingerprint density at radius 3 is 2.51 bits per heavy atom. The van der Waals surface area contributed by atoms with Gasteiger partial charge >= 0.3 is 0 Å². The molecule has 0 radical (unpaired) electrons. The Balaban J connectivity index is 1.68. The standard InChI is InChI=1S/C21H23FN6O6S/c1-13-4-3-5-16(22)18(13)19(30)28-20(23)25-21(26-28)24-14-6-8-15(9-7-14)35(31,32)27-17(29)12-34-11-10-33-2/h3-9H,10-12H2,1-2H3,(H,27,29)(H3,23,24,25,26). The summed E-state index contributed by atoms with van der Waals surface area (Å²) in [5.74, 6) is -2.67. The number of methoxy groups -OCH3 is 1. The highest BCUT2D eigenvalue weighted by Gasteiger charge is 2.22. The predicted octanol–water partition coefficient (Wildman–Crippen LogP) is 1.21. The van der Waals surface area contributed by atoms with Crippen molar-refractivity contribution < 1.29 is 31.9 Å². The number of rotatable bonds is 10. The third-order valence-corrected chi connectivity index (χ3v) is 5.98. The van der Waals surface area contributed by atoms with Crippen LogP contribution in [-0.2, 0) is 24.3 Å². The number of carbonyl (C=O) groups is 2. The van der Waals surface area contributed by atoms with E-state index in [4.69, 9.17) is 15.2 Å². The Labute approximate surface area is 200 Å². The molecule has 0 unspecified atom stereocenters. The summed E-state index contributed by atoms with van der Waals surface area (Å²) in [4.78, 5) is 28.3. The average Bonchev–Trinajstić information content (AvgIpc) is 3.16. The van der Waals surface area contributed by atoms with Gasteiger partial charge in [0.15, 0.2) is 0 Å². The second kappa shape index (κ2) is 11.0. The number of carbonyl (C=O) groups excluding carboxylic acids is 2. The van der Waals surface area contributed by atoms with Crippen molar-refractivity contribution in [3.8, 4) is 0 Å². The highest BCUT2D eigenvalue weighted by molar-refractivity contribution is 7.90. The van der Waals surface area contributed by atoms with Gasteiger partial charge in [0.05, 0.1) is 23.7 Å². The molecule has 0 bridgehead atoms. The molecule has 0 saturated carbocycles. The highest BCUT2D eigenvalue weighted by Crippen LogP contribution is 2.20. The molecule has 3 aromatic rings. The van der Waals surface area contributed by atoms with E-state index in [1.54, 1.807) is 13.0 Å². The largest absolute Gasteiger partial charge is 0.382 e. The zero-order valence-electron chi connectivity index (χ0n) is 18.8. The molecular weight excluding hydrogens is 483 g/mol. The molecular formula is C21H23FN6O6S. The number of halogens is 1. The molecule has 14 heteroatoms. The summed E-state index contributed by atoms with van der Waals surface area (Å²) in [7, 11) is -2.65. The highest BCUT2D eigenvalue weighted by atomic mass is 32.2. The fraction of sp³-hybridized carbons (Fsp3) is 0.238. The van der Waals surface area contributed by atoms with Crippen LogP contribution in [0.15, 0.2) is 47.4 Å². The molecule has 3 rings (SSSR count). The first-order chi connectivity index (χ1) is 16.6. The molecule has 0 aliphatic carbocycles. The van der Waals surface area contributed by atoms with Gasteiger partial charge in [0, 0.05) is 12.8 Å². The lowest BCUT2D eigenvalue weighted by atomic mass is 10.1. The summed E-state index contributed by atoms with van der Waals surface area (Å²) in [6.07, 6.45) is 0. The van der Waals surface area contributed by atoms with Gasteiger partial charge in [0.2, 0.25) is 11.9 Å². The molecule has 0 fully saturated rings. The second-order valence-corrected chi connectivity index (χ2v) is 8.85. The Morgan fingerprint density at radius 2 is 1.86 bits per heavy atom. The lowest BCUT2D eigenvalue weighted by Gasteiger charge is -2.08. The molecule has 4 N–H and O–H groups in total. The van der Waals surface area contributed by atoms with Crippen LogP contribution in [0.2, 0.25) is 0 Å². The SMILES string of the molecule is COCCOCC(=O)NS(=O)(=O)c1ccc(Nc2nc(N)n(C(=O)c3c(C)cccc3F)n2)cc1. The van der Waals surface area contributed by atoms with Crippen molar-refractivity contribution in [2.24, 2.45) is 0 Å². The van der Waals surface area contributed by atoms with E-state index in [2.05, 4.69) is 15.4 Å². The molecule has 1 amide bonds. The number of nitrogen functional groups attached to an aromatic ring is 1. The van der Waals surface area contributed by atoms with Crippen molar-refractivity contribution in [2.75, 3.05) is 38.0 Å². The number of benzene rings is 2. The Kier molecular flexibility index (Phi) is 8.11. The number of nitrogens with two attached hydrogens (primary N) is 1. The summed E-state index contributed by atoms with van der Waals surface area (Å²) in [6, 6.07) is 9.50. The monoisotopic (exact) mass is 506 g/mol. The smallest absolute Gasteiger partial charge is 0.284 e. The van der Waals surface area contributed by atoms with Crippen molar-refractivity contribution >= 4 is 39.4 Å². The van der Waals surface area contributed by atoms with Crippen LogP contribution in [0.25, 0.3) is 0 Å². The third-order valence-electron chi connectivity index (χ3n) is 4.59. The first-order valence-corrected chi connectivity index (χ1v) is 11.6. The Morgan fingerprint density at radius 1 is 1.14 bits per heavy atom. The number of hydrogen-bond acceptors (Lipinski definition) is 10. The van der Waals surface area contributed by atoms with Crippen LogP contribution < -0.4 is 15.8 Å². The quantitative estimate of drug-likeness (QED) is 0.340. The topological polar surface area (TPSA) is 168 Å². The normalized spacial score (nSPS) is 11.3. The van der Waals surface area contributed by atoms with Crippen molar-refractivity contribution in [3.05, 3.63) is 59.4 Å². The van der Waals surface area contributed by atoms with Gasteiger partial charge in [-0.3, -0.25) is 9.59 Å². The van der Waals surface area contributed by atoms with Gasteiger partial charge in [-0.1, -0.05) is 12.1 Å². The number of sulfonamides is 1. The van der Waals surface area contributed by atoms with Gasteiger partial charge in [-0.15, -0.1) is 5.10 Å². The number of amides is 1. The number of aryl methyl sites for hydroxylation is 1. The lowest BCUT2D eigenvalue weighted by molar-refractivity contribution is -0.124. The van der Waals surface area contributed by atoms with E-state index < -0.39 is 34.3 Å². The molecule has 12 nitrogen and oxygen atoms in total. The third kappa shape index (κ3) is 6.38. The van der Waals surface area contributed by atoms with E-state index in [-0.39, 0.29) is 35.6 Å². The predicted molar refractivity (Wildman–Crippen MR) is 123 cm³/mol. The van der Waals surface area contributed by atoms with Crippen molar-refractivity contribution in [3.63, 3.8) is 0 Å². The maximum atomic E-state index is 14.2. The fourth-order valence-corrected chi connectivity index (χ4v) is 3.90. The van der Waals surface area contributed by atoms with Crippen LogP contribution >= 0.6 is 0 Å². The van der Waals surface area contributed by atoms with Crippen molar-refractivity contribution in [2.45, 2.75) is 11.8 Å². The van der Waals surface area contributed by atoms with Gasteiger partial charge in [0.1, 0.15) is 12.4 Å². The van der Waals surface area contributed by atoms with E-state index in [0.717, 1.165) is 10.7 Å². The number of nitrogens with zero attached hydrogens (tertiary/aromatic N) is 3. The molecule has 186 valence electrons. The van der Waals surface area contributed by atoms with Crippen LogP contribution in [0.1, 0.15) is 15.9 Å². The molecule has 0 saturated heterocycles. The summed E-state index contributed by atoms with van der Waals surface area (Å²) in [5.41, 5.74) is 6.37. The van der Waals surface area contributed by atoms with Gasteiger partial charge in [-0.2, -0.15) is 9.67 Å². The maximum Gasteiger partial charge on any atom is 0.284 e. The minimum atomic E-state index is -4.12. The van der Waals surface area contributed by atoms with Crippen LogP contribution in [-0.4, -0.2) is 61.9 Å². The molecule has 0 spiro atoms. The van der Waals surface area contributed by atoms with E-state index in [9.17, 15) is 22.4 Å². The summed E-state index contributed by atoms with van der Waals surface area (Å²) in [5, 5.41) is 6.75. The summed E-state index contributed by atoms with van der Waals surface area (Å²) < 4.78 is 51.3. The average molecular weight is 507 g/mol. The summed E-state index contributed by atoms with van der Waals surface area (Å²) >= 11 is 0. The second-order valence-electron chi connectivity index (χ2n) is 7.17. The zero-order chi connectivity index (χ0) is 25.6. The molecule has 1 heterocycles. The zero-order valence-corrected chi connectivity index (χ0v) is 19.6. The number of hydrogen-bond donors (Lipinski definition) is 3. The maximum absolute atomic E-state index is 14.2. The minimum Gasteiger partial charge on any atom is -0.382 e. The minimum absolute atomic E-state index is 0.0676. The van der Waals surface area contributed by atoms with Crippen LogP contribution in [0.5, 0.6) is 0 Å². The number of aromatic nitrogens is 3. The van der Waals surface area contributed by atoms with Crippen molar-refractivity contribution in [1.82, 2.24) is 19.5 Å². The van der Waals surface area contributed by atoms with Crippen LogP contribution in [0.3, 0.4) is 0 Å². The molecule has 0 atom stereocenters. The van der Waals surface area contributed by atoms with Crippen LogP contribution in [0, 0.1) is 12.7 Å². The first-order valence-electron chi connectivity index (χ1n) is 10.1. The molecule has 1 aromatic heterocycles.